The van der Waals surface area contributed by atoms with E-state index in [-0.39, 0.29) is 12.2 Å². The second kappa shape index (κ2) is 6.48. The Morgan fingerprint density at radius 3 is 2.11 bits per heavy atom. The summed E-state index contributed by atoms with van der Waals surface area (Å²) < 4.78 is 19.7. The molecule has 1 aromatic rings. The molecule has 0 atom stereocenters. The number of hydrogen-bond donors (Lipinski definition) is 0. The number of esters is 1. The van der Waals surface area contributed by atoms with Gasteiger partial charge in [-0.1, -0.05) is 0 Å². The molecular weight excluding hydrogens is 240 g/mol. The van der Waals surface area contributed by atoms with E-state index in [4.69, 9.17) is 14.2 Å². The molecule has 0 radical (unpaired) electrons. The van der Waals surface area contributed by atoms with Crippen LogP contribution in [0.15, 0.2) is 12.1 Å². The summed E-state index contributed by atoms with van der Waals surface area (Å²) in [7, 11) is 4.11. The van der Waals surface area contributed by atoms with Crippen LogP contribution < -0.4 is 14.2 Å². The minimum atomic E-state index is -0.507. The molecular formula is C12H14O6. The highest BCUT2D eigenvalue weighted by Crippen LogP contribution is 2.32. The minimum Gasteiger partial charge on any atom is -0.496 e. The van der Waals surface area contributed by atoms with Crippen molar-refractivity contribution in [1.82, 2.24) is 0 Å². The summed E-state index contributed by atoms with van der Waals surface area (Å²) in [4.78, 5) is 21.9. The summed E-state index contributed by atoms with van der Waals surface area (Å²) in [5.74, 6) is 0.459. The molecule has 18 heavy (non-hydrogen) atoms. The molecule has 6 nitrogen and oxygen atoms in total. The van der Waals surface area contributed by atoms with Crippen LogP contribution in [0.4, 0.5) is 0 Å². The zero-order valence-electron chi connectivity index (χ0n) is 10.4. The first-order chi connectivity index (χ1) is 8.65. The predicted molar refractivity (Wildman–Crippen MR) is 62.4 cm³/mol. The molecule has 0 fully saturated rings. The SMILES string of the molecule is COC(=O)COc1cc(OC)c(C=O)c(OC)c1. The van der Waals surface area contributed by atoms with Gasteiger partial charge in [-0.25, -0.2) is 4.79 Å². The molecule has 0 aliphatic heterocycles. The van der Waals surface area contributed by atoms with Crippen molar-refractivity contribution in [3.63, 3.8) is 0 Å². The average molecular weight is 254 g/mol. The van der Waals surface area contributed by atoms with Crippen molar-refractivity contribution in [3.05, 3.63) is 17.7 Å². The zero-order chi connectivity index (χ0) is 13.5. The van der Waals surface area contributed by atoms with Crippen LogP contribution in [0, 0.1) is 0 Å². The Bertz CT molecular complexity index is 415. The number of ether oxygens (including phenoxy) is 4. The van der Waals surface area contributed by atoms with Gasteiger partial charge in [0.2, 0.25) is 0 Å². The second-order valence-corrected chi connectivity index (χ2v) is 3.22. The predicted octanol–water partition coefficient (Wildman–Crippen LogP) is 1.07. The Morgan fingerprint density at radius 1 is 1.17 bits per heavy atom. The number of carbonyl (C=O) groups is 2. The lowest BCUT2D eigenvalue weighted by Crippen LogP contribution is -2.12. The van der Waals surface area contributed by atoms with Crippen LogP contribution >= 0.6 is 0 Å². The van der Waals surface area contributed by atoms with E-state index in [2.05, 4.69) is 4.74 Å². The summed E-state index contributed by atoms with van der Waals surface area (Å²) in [6.07, 6.45) is 0.627. The van der Waals surface area contributed by atoms with Crippen LogP contribution in [-0.2, 0) is 9.53 Å². The highest BCUT2D eigenvalue weighted by molar-refractivity contribution is 5.84. The first-order valence-corrected chi connectivity index (χ1v) is 5.07. The molecule has 6 heteroatoms. The van der Waals surface area contributed by atoms with Crippen LogP contribution in [0.3, 0.4) is 0 Å². The van der Waals surface area contributed by atoms with Gasteiger partial charge in [0.1, 0.15) is 17.2 Å². The standard InChI is InChI=1S/C12H14O6/c1-15-10-4-8(18-7-12(14)17-3)5-11(16-2)9(10)6-13/h4-6H,7H2,1-3H3. The Labute approximate surface area is 104 Å². The Kier molecular flexibility index (Phi) is 4.98. The van der Waals surface area contributed by atoms with Gasteiger partial charge in [0.25, 0.3) is 0 Å². The molecule has 0 N–H and O–H groups in total. The Morgan fingerprint density at radius 2 is 1.72 bits per heavy atom. The van der Waals surface area contributed by atoms with E-state index in [1.807, 2.05) is 0 Å². The van der Waals surface area contributed by atoms with E-state index in [1.54, 1.807) is 0 Å². The van der Waals surface area contributed by atoms with Gasteiger partial charge >= 0.3 is 5.97 Å². The van der Waals surface area contributed by atoms with Gasteiger partial charge in [0.15, 0.2) is 12.9 Å². The number of carbonyl (C=O) groups excluding carboxylic acids is 2. The minimum absolute atomic E-state index is 0.233. The molecule has 0 aromatic heterocycles. The van der Waals surface area contributed by atoms with Crippen molar-refractivity contribution in [3.8, 4) is 17.2 Å². The van der Waals surface area contributed by atoms with Crippen LogP contribution in [0.1, 0.15) is 10.4 Å². The van der Waals surface area contributed by atoms with Gasteiger partial charge in [-0.15, -0.1) is 0 Å². The van der Waals surface area contributed by atoms with E-state index in [0.717, 1.165) is 0 Å². The van der Waals surface area contributed by atoms with E-state index in [0.29, 0.717) is 23.5 Å². The zero-order valence-corrected chi connectivity index (χ0v) is 10.4. The maximum Gasteiger partial charge on any atom is 0.343 e. The third kappa shape index (κ3) is 3.13. The number of aldehydes is 1. The number of rotatable bonds is 6. The monoisotopic (exact) mass is 254 g/mol. The number of hydrogen-bond acceptors (Lipinski definition) is 6. The molecule has 0 aliphatic carbocycles. The number of benzene rings is 1. The molecule has 0 unspecified atom stereocenters. The Balaban J connectivity index is 3.00. The van der Waals surface area contributed by atoms with Crippen LogP contribution in [0.2, 0.25) is 0 Å². The fraction of sp³-hybridized carbons (Fsp3) is 0.333. The summed E-state index contributed by atoms with van der Waals surface area (Å²) >= 11 is 0. The van der Waals surface area contributed by atoms with Crippen molar-refractivity contribution in [2.75, 3.05) is 27.9 Å². The van der Waals surface area contributed by atoms with Crippen molar-refractivity contribution < 1.29 is 28.5 Å². The molecule has 0 saturated carbocycles. The van der Waals surface area contributed by atoms with Gasteiger partial charge in [0, 0.05) is 12.1 Å². The largest absolute Gasteiger partial charge is 0.496 e. The van der Waals surface area contributed by atoms with E-state index >= 15 is 0 Å². The molecule has 98 valence electrons. The van der Waals surface area contributed by atoms with Crippen LogP contribution in [0.5, 0.6) is 17.2 Å². The van der Waals surface area contributed by atoms with Crippen LogP contribution in [0.25, 0.3) is 0 Å². The summed E-state index contributed by atoms with van der Waals surface area (Å²) in [5.41, 5.74) is 0.283. The first kappa shape index (κ1) is 13.8. The highest BCUT2D eigenvalue weighted by atomic mass is 16.6. The molecule has 0 spiro atoms. The number of methoxy groups -OCH3 is 3. The molecule has 1 rings (SSSR count). The third-order valence-electron chi connectivity index (χ3n) is 2.22. The highest BCUT2D eigenvalue weighted by Gasteiger charge is 2.13. The van der Waals surface area contributed by atoms with E-state index in [9.17, 15) is 9.59 Å². The average Bonchev–Trinajstić information content (AvgIpc) is 2.43. The summed E-state index contributed by atoms with van der Waals surface area (Å²) in [5, 5.41) is 0. The molecule has 0 bridgehead atoms. The fourth-order valence-corrected chi connectivity index (χ4v) is 1.32. The first-order valence-electron chi connectivity index (χ1n) is 5.07. The Hall–Kier alpha value is -2.24. The maximum atomic E-state index is 11.0. The van der Waals surface area contributed by atoms with Crippen LogP contribution in [-0.4, -0.2) is 40.2 Å². The third-order valence-corrected chi connectivity index (χ3v) is 2.22. The lowest BCUT2D eigenvalue weighted by atomic mass is 10.2. The quantitative estimate of drug-likeness (QED) is 0.558. The van der Waals surface area contributed by atoms with Crippen molar-refractivity contribution >= 4 is 12.3 Å². The van der Waals surface area contributed by atoms with Gasteiger partial charge < -0.3 is 18.9 Å². The fourth-order valence-electron chi connectivity index (χ4n) is 1.32. The van der Waals surface area contributed by atoms with Gasteiger partial charge in [-0.05, 0) is 0 Å². The summed E-state index contributed by atoms with van der Waals surface area (Å²) in [6, 6.07) is 2.99. The van der Waals surface area contributed by atoms with Crippen molar-refractivity contribution in [1.29, 1.82) is 0 Å². The maximum absolute atomic E-state index is 11.0. The summed E-state index contributed by atoms with van der Waals surface area (Å²) in [6.45, 7) is -0.233. The normalized spacial score (nSPS) is 9.50. The molecule has 0 saturated heterocycles. The lowest BCUT2D eigenvalue weighted by molar-refractivity contribution is -0.142. The van der Waals surface area contributed by atoms with E-state index < -0.39 is 5.97 Å². The molecule has 0 amide bonds. The van der Waals surface area contributed by atoms with Crippen molar-refractivity contribution in [2.45, 2.75) is 0 Å². The van der Waals surface area contributed by atoms with Gasteiger partial charge in [0.05, 0.1) is 26.9 Å². The van der Waals surface area contributed by atoms with E-state index in [1.165, 1.54) is 33.5 Å². The van der Waals surface area contributed by atoms with Crippen molar-refractivity contribution in [2.24, 2.45) is 0 Å². The molecule has 0 aliphatic rings. The lowest BCUT2D eigenvalue weighted by Gasteiger charge is -2.12. The topological polar surface area (TPSA) is 71.1 Å². The van der Waals surface area contributed by atoms with Gasteiger partial charge in [-0.2, -0.15) is 0 Å². The molecule has 1 aromatic carbocycles. The smallest absolute Gasteiger partial charge is 0.343 e. The van der Waals surface area contributed by atoms with Gasteiger partial charge in [-0.3, -0.25) is 4.79 Å². The second-order valence-electron chi connectivity index (χ2n) is 3.22. The molecule has 0 heterocycles.